The smallest absolute Gasteiger partial charge is 0.385 e. The van der Waals surface area contributed by atoms with Gasteiger partial charge in [0.2, 0.25) is 5.91 Å². The number of carbonyl (C=O) groups is 1. The van der Waals surface area contributed by atoms with Gasteiger partial charge in [-0.1, -0.05) is 18.2 Å². The molecule has 1 heterocycles. The number of hydrogen-bond acceptors (Lipinski definition) is 5. The Hall–Kier alpha value is -2.91. The number of nitrogens with one attached hydrogen (secondary N) is 2. The molecule has 3 N–H and O–H groups in total. The van der Waals surface area contributed by atoms with Crippen LogP contribution >= 0.6 is 11.6 Å². The number of hydrogen-bond donors (Lipinski definition) is 3. The number of nitrogens with zero attached hydrogens (tertiary/aromatic N) is 2. The molecular weight excluding hydrogens is 505 g/mol. The van der Waals surface area contributed by atoms with Crippen molar-refractivity contribution < 1.29 is 23.1 Å². The summed E-state index contributed by atoms with van der Waals surface area (Å²) in [4.78, 5) is 20.5. The molecule has 3 aromatic rings. The number of aromatic nitrogens is 2. The normalized spacial score (nSPS) is 22.4. The lowest BCUT2D eigenvalue weighted by Crippen LogP contribution is -2.55. The molecule has 0 bridgehead atoms. The van der Waals surface area contributed by atoms with E-state index in [9.17, 15) is 23.1 Å². The SMILES string of the molecule is CC(=O)NCC1(CCl)CC(O)(c2cc(C)c3nc(C)nc(N[C@H](C)c4cccc(C(F)(F)F)c4)c3c2)C1. The molecule has 1 aliphatic rings. The molecule has 0 unspecified atom stereocenters. The lowest BCUT2D eigenvalue weighted by Gasteiger charge is -2.53. The van der Waals surface area contributed by atoms with Gasteiger partial charge in [0, 0.05) is 36.2 Å². The summed E-state index contributed by atoms with van der Waals surface area (Å²) in [5.41, 5.74) is 0.424. The van der Waals surface area contributed by atoms with E-state index < -0.39 is 28.8 Å². The Morgan fingerprint density at radius 2 is 1.89 bits per heavy atom. The lowest BCUT2D eigenvalue weighted by atomic mass is 9.57. The zero-order valence-corrected chi connectivity index (χ0v) is 21.9. The zero-order valence-electron chi connectivity index (χ0n) is 21.1. The second kappa shape index (κ2) is 9.76. The van der Waals surface area contributed by atoms with Crippen LogP contribution in [0.4, 0.5) is 19.0 Å². The fraction of sp³-hybridized carbons (Fsp3) is 0.444. The number of fused-ring (bicyclic) bond motifs is 1. The molecule has 6 nitrogen and oxygen atoms in total. The molecule has 4 rings (SSSR count). The Kier molecular flexibility index (Phi) is 7.16. The maximum absolute atomic E-state index is 13.2. The molecule has 1 aromatic heterocycles. The predicted octanol–water partition coefficient (Wildman–Crippen LogP) is 5.78. The van der Waals surface area contributed by atoms with Crippen molar-refractivity contribution in [2.45, 2.75) is 58.4 Å². The highest BCUT2D eigenvalue weighted by Gasteiger charge is 2.54. The third-order valence-electron chi connectivity index (χ3n) is 7.04. The Morgan fingerprint density at radius 1 is 1.19 bits per heavy atom. The molecule has 2 aromatic carbocycles. The van der Waals surface area contributed by atoms with Gasteiger partial charge in [-0.15, -0.1) is 11.6 Å². The fourth-order valence-corrected chi connectivity index (χ4v) is 5.42. The first kappa shape index (κ1) is 27.1. The minimum absolute atomic E-state index is 0.153. The Labute approximate surface area is 218 Å². The van der Waals surface area contributed by atoms with Crippen LogP contribution in [0.25, 0.3) is 10.9 Å². The minimum Gasteiger partial charge on any atom is -0.385 e. The minimum atomic E-state index is -4.43. The van der Waals surface area contributed by atoms with Gasteiger partial charge in [-0.05, 0) is 68.5 Å². The maximum Gasteiger partial charge on any atom is 0.416 e. The van der Waals surface area contributed by atoms with E-state index in [1.807, 2.05) is 19.1 Å². The number of alkyl halides is 4. The maximum atomic E-state index is 13.2. The van der Waals surface area contributed by atoms with Gasteiger partial charge in [-0.3, -0.25) is 4.79 Å². The molecule has 37 heavy (non-hydrogen) atoms. The summed E-state index contributed by atoms with van der Waals surface area (Å²) in [5, 5.41) is 18.2. The summed E-state index contributed by atoms with van der Waals surface area (Å²) < 4.78 is 39.7. The second-order valence-electron chi connectivity index (χ2n) is 10.2. The van der Waals surface area contributed by atoms with E-state index in [1.54, 1.807) is 19.9 Å². The number of carbonyl (C=O) groups excluding carboxylic acids is 1. The molecule has 198 valence electrons. The van der Waals surface area contributed by atoms with E-state index in [0.29, 0.717) is 58.9 Å². The molecule has 0 saturated heterocycles. The first-order chi connectivity index (χ1) is 17.2. The van der Waals surface area contributed by atoms with Crippen molar-refractivity contribution in [2.75, 3.05) is 17.7 Å². The standard InChI is InChI=1S/C27H30ClF3N4O2/c1-15-8-21(26(37)11-25(12-26,13-28)14-32-18(4)36)10-22-23(15)34-17(3)35-24(22)33-16(2)19-6-5-7-20(9-19)27(29,30)31/h5-10,16,37H,11-14H2,1-4H3,(H,32,36)(H,33,34,35)/t16-,25?,26?/m1/s1. The van der Waals surface area contributed by atoms with Crippen LogP contribution in [-0.2, 0) is 16.6 Å². The lowest BCUT2D eigenvalue weighted by molar-refractivity contribution is -0.137. The largest absolute Gasteiger partial charge is 0.416 e. The molecule has 1 aliphatic carbocycles. The van der Waals surface area contributed by atoms with Crippen LogP contribution in [0.5, 0.6) is 0 Å². The molecule has 1 amide bonds. The average molecular weight is 535 g/mol. The van der Waals surface area contributed by atoms with Crippen molar-refractivity contribution in [3.63, 3.8) is 0 Å². The summed E-state index contributed by atoms with van der Waals surface area (Å²) >= 11 is 6.22. The third kappa shape index (κ3) is 5.52. The number of halogens is 4. The summed E-state index contributed by atoms with van der Waals surface area (Å²) in [6, 6.07) is 8.45. The number of benzene rings is 2. The van der Waals surface area contributed by atoms with Crippen LogP contribution in [0.15, 0.2) is 36.4 Å². The molecule has 0 spiro atoms. The molecule has 1 saturated carbocycles. The van der Waals surface area contributed by atoms with Crippen LogP contribution in [0, 0.1) is 19.3 Å². The number of anilines is 1. The topological polar surface area (TPSA) is 87.1 Å². The highest BCUT2D eigenvalue weighted by molar-refractivity contribution is 6.18. The van der Waals surface area contributed by atoms with Crippen LogP contribution in [0.1, 0.15) is 60.8 Å². The number of rotatable bonds is 7. The molecular formula is C27H30ClF3N4O2. The third-order valence-corrected chi connectivity index (χ3v) is 7.60. The van der Waals surface area contributed by atoms with Gasteiger partial charge in [0.15, 0.2) is 0 Å². The molecule has 0 radical (unpaired) electrons. The van der Waals surface area contributed by atoms with E-state index >= 15 is 0 Å². The van der Waals surface area contributed by atoms with Crippen LogP contribution in [-0.4, -0.2) is 33.4 Å². The highest BCUT2D eigenvalue weighted by atomic mass is 35.5. The van der Waals surface area contributed by atoms with Gasteiger partial charge in [-0.25, -0.2) is 9.97 Å². The summed E-state index contributed by atoms with van der Waals surface area (Å²) in [6.45, 7) is 7.24. The highest BCUT2D eigenvalue weighted by Crippen LogP contribution is 2.55. The van der Waals surface area contributed by atoms with E-state index in [-0.39, 0.29) is 5.91 Å². The van der Waals surface area contributed by atoms with E-state index in [1.165, 1.54) is 13.0 Å². The number of amides is 1. The molecule has 0 aliphatic heterocycles. The molecule has 1 fully saturated rings. The Morgan fingerprint density at radius 3 is 2.51 bits per heavy atom. The van der Waals surface area contributed by atoms with Crippen LogP contribution < -0.4 is 10.6 Å². The molecule has 1 atom stereocenters. The first-order valence-electron chi connectivity index (χ1n) is 12.0. The second-order valence-corrected chi connectivity index (χ2v) is 10.5. The van der Waals surface area contributed by atoms with Gasteiger partial charge < -0.3 is 15.7 Å². The van der Waals surface area contributed by atoms with Crippen molar-refractivity contribution in [3.05, 3.63) is 64.5 Å². The monoisotopic (exact) mass is 534 g/mol. The van der Waals surface area contributed by atoms with Crippen molar-refractivity contribution in [3.8, 4) is 0 Å². The first-order valence-corrected chi connectivity index (χ1v) is 12.5. The zero-order chi connectivity index (χ0) is 27.2. The fourth-order valence-electron chi connectivity index (χ4n) is 5.14. The Bertz CT molecular complexity index is 1340. The van der Waals surface area contributed by atoms with Gasteiger partial charge in [0.05, 0.1) is 16.7 Å². The van der Waals surface area contributed by atoms with Crippen molar-refractivity contribution in [2.24, 2.45) is 5.41 Å². The van der Waals surface area contributed by atoms with Crippen molar-refractivity contribution in [1.82, 2.24) is 15.3 Å². The quantitative estimate of drug-likeness (QED) is 0.334. The van der Waals surface area contributed by atoms with Gasteiger partial charge in [0.1, 0.15) is 11.6 Å². The number of aryl methyl sites for hydroxylation is 2. The van der Waals surface area contributed by atoms with E-state index in [4.69, 9.17) is 11.6 Å². The van der Waals surface area contributed by atoms with E-state index in [0.717, 1.165) is 17.7 Å². The van der Waals surface area contributed by atoms with Crippen molar-refractivity contribution in [1.29, 1.82) is 0 Å². The van der Waals surface area contributed by atoms with Crippen molar-refractivity contribution >= 4 is 34.2 Å². The van der Waals surface area contributed by atoms with Gasteiger partial charge >= 0.3 is 6.18 Å². The summed E-state index contributed by atoms with van der Waals surface area (Å²) in [7, 11) is 0. The predicted molar refractivity (Wildman–Crippen MR) is 137 cm³/mol. The average Bonchev–Trinajstić information content (AvgIpc) is 2.81. The Balaban J connectivity index is 1.68. The summed E-state index contributed by atoms with van der Waals surface area (Å²) in [6.07, 6.45) is -3.67. The van der Waals surface area contributed by atoms with Crippen LogP contribution in [0.2, 0.25) is 0 Å². The number of aliphatic hydroxyl groups is 1. The molecule has 10 heteroatoms. The van der Waals surface area contributed by atoms with Crippen LogP contribution in [0.3, 0.4) is 0 Å². The van der Waals surface area contributed by atoms with Gasteiger partial charge in [-0.2, -0.15) is 13.2 Å². The van der Waals surface area contributed by atoms with E-state index in [2.05, 4.69) is 20.6 Å². The summed E-state index contributed by atoms with van der Waals surface area (Å²) in [5.74, 6) is 1.13. The van der Waals surface area contributed by atoms with Gasteiger partial charge in [0.25, 0.3) is 0 Å².